The molecular weight excluding hydrogens is 395 g/mol. The summed E-state index contributed by atoms with van der Waals surface area (Å²) >= 11 is 0. The van der Waals surface area contributed by atoms with Gasteiger partial charge in [0.05, 0.1) is 10.9 Å². The minimum Gasteiger partial charge on any atom is -0.457 e. The Kier molecular flexibility index (Phi) is 6.26. The van der Waals surface area contributed by atoms with E-state index in [4.69, 9.17) is 4.74 Å². The summed E-state index contributed by atoms with van der Waals surface area (Å²) in [6.45, 7) is 1.42. The molecule has 3 rings (SSSR count). The number of ether oxygens (including phenoxy) is 1. The standard InChI is InChI=1S/C21H19FN2O4S/c1-15(24-29(26,27)20-13-7-16(22)8-14-20)21(25)23-17-9-11-19(12-10-17)28-18-5-3-2-4-6-18/h2-15,24H,1H3,(H,23,25)/t15-/m1/s1. The first-order valence-electron chi connectivity index (χ1n) is 8.75. The molecule has 3 aromatic rings. The minimum absolute atomic E-state index is 0.124. The van der Waals surface area contributed by atoms with Crippen LogP contribution in [-0.2, 0) is 14.8 Å². The highest BCUT2D eigenvalue weighted by Gasteiger charge is 2.22. The molecule has 0 fully saturated rings. The van der Waals surface area contributed by atoms with Gasteiger partial charge in [0.2, 0.25) is 15.9 Å². The predicted molar refractivity (Wildman–Crippen MR) is 108 cm³/mol. The van der Waals surface area contributed by atoms with Gasteiger partial charge < -0.3 is 10.1 Å². The number of sulfonamides is 1. The van der Waals surface area contributed by atoms with Crippen molar-refractivity contribution in [3.8, 4) is 11.5 Å². The summed E-state index contributed by atoms with van der Waals surface area (Å²) in [6, 6.07) is 19.2. The SMILES string of the molecule is C[C@@H](NS(=O)(=O)c1ccc(F)cc1)C(=O)Nc1ccc(Oc2ccccc2)cc1. The van der Waals surface area contributed by atoms with Crippen LogP contribution in [0.2, 0.25) is 0 Å². The lowest BCUT2D eigenvalue weighted by Crippen LogP contribution is -2.41. The lowest BCUT2D eigenvalue weighted by Gasteiger charge is -2.15. The number of nitrogens with one attached hydrogen (secondary N) is 2. The van der Waals surface area contributed by atoms with Crippen LogP contribution in [0.3, 0.4) is 0 Å². The number of rotatable bonds is 7. The van der Waals surface area contributed by atoms with Crippen molar-refractivity contribution < 1.29 is 22.3 Å². The van der Waals surface area contributed by atoms with Crippen LogP contribution < -0.4 is 14.8 Å². The molecule has 0 aliphatic heterocycles. The average molecular weight is 414 g/mol. The highest BCUT2D eigenvalue weighted by Crippen LogP contribution is 2.22. The van der Waals surface area contributed by atoms with E-state index in [2.05, 4.69) is 10.0 Å². The first kappa shape index (κ1) is 20.5. The van der Waals surface area contributed by atoms with Gasteiger partial charge in [-0.25, -0.2) is 12.8 Å². The zero-order valence-corrected chi connectivity index (χ0v) is 16.3. The number of anilines is 1. The van der Waals surface area contributed by atoms with Crippen molar-refractivity contribution in [3.05, 3.63) is 84.7 Å². The van der Waals surface area contributed by atoms with Gasteiger partial charge in [0, 0.05) is 5.69 Å². The Balaban J connectivity index is 1.59. The molecule has 3 aromatic carbocycles. The Bertz CT molecular complexity index is 1070. The summed E-state index contributed by atoms with van der Waals surface area (Å²) in [4.78, 5) is 12.2. The molecule has 150 valence electrons. The summed E-state index contributed by atoms with van der Waals surface area (Å²) < 4.78 is 45.5. The molecule has 0 radical (unpaired) electrons. The molecule has 0 saturated heterocycles. The van der Waals surface area contributed by atoms with E-state index in [0.717, 1.165) is 24.3 Å². The van der Waals surface area contributed by atoms with E-state index in [1.807, 2.05) is 30.3 Å². The molecule has 0 spiro atoms. The number of benzene rings is 3. The second-order valence-electron chi connectivity index (χ2n) is 6.23. The monoisotopic (exact) mass is 414 g/mol. The summed E-state index contributed by atoms with van der Waals surface area (Å²) in [5.41, 5.74) is 0.489. The highest BCUT2D eigenvalue weighted by molar-refractivity contribution is 7.89. The maximum absolute atomic E-state index is 13.0. The van der Waals surface area contributed by atoms with Crippen molar-refractivity contribution in [2.75, 3.05) is 5.32 Å². The van der Waals surface area contributed by atoms with E-state index in [-0.39, 0.29) is 4.90 Å². The lowest BCUT2D eigenvalue weighted by atomic mass is 10.2. The van der Waals surface area contributed by atoms with E-state index in [9.17, 15) is 17.6 Å². The first-order valence-corrected chi connectivity index (χ1v) is 10.2. The van der Waals surface area contributed by atoms with Crippen molar-refractivity contribution >= 4 is 21.6 Å². The number of halogens is 1. The van der Waals surface area contributed by atoms with Gasteiger partial charge in [-0.3, -0.25) is 4.79 Å². The van der Waals surface area contributed by atoms with Crippen molar-refractivity contribution in [3.63, 3.8) is 0 Å². The Hall–Kier alpha value is -3.23. The van der Waals surface area contributed by atoms with Crippen LogP contribution in [0, 0.1) is 5.82 Å². The van der Waals surface area contributed by atoms with Gasteiger partial charge >= 0.3 is 0 Å². The molecule has 0 aliphatic carbocycles. The molecular formula is C21H19FN2O4S. The van der Waals surface area contributed by atoms with Crippen LogP contribution in [-0.4, -0.2) is 20.4 Å². The third-order valence-electron chi connectivity index (χ3n) is 3.95. The molecule has 0 heterocycles. The third-order valence-corrected chi connectivity index (χ3v) is 5.51. The predicted octanol–water partition coefficient (Wildman–Crippen LogP) is 3.92. The third kappa shape index (κ3) is 5.63. The van der Waals surface area contributed by atoms with E-state index < -0.39 is 27.8 Å². The molecule has 8 heteroatoms. The van der Waals surface area contributed by atoms with Gasteiger partial charge in [-0.15, -0.1) is 0 Å². The summed E-state index contributed by atoms with van der Waals surface area (Å²) in [5.74, 6) is 0.203. The number of carbonyl (C=O) groups excluding carboxylic acids is 1. The van der Waals surface area contributed by atoms with Crippen LogP contribution in [0.25, 0.3) is 0 Å². The number of carbonyl (C=O) groups is 1. The number of hydrogen-bond acceptors (Lipinski definition) is 4. The Labute approximate surface area is 168 Å². The van der Waals surface area contributed by atoms with Crippen LogP contribution >= 0.6 is 0 Å². The summed E-state index contributed by atoms with van der Waals surface area (Å²) in [6.07, 6.45) is 0. The largest absolute Gasteiger partial charge is 0.457 e. The van der Waals surface area contributed by atoms with Gasteiger partial charge in [0.1, 0.15) is 17.3 Å². The van der Waals surface area contributed by atoms with E-state index in [1.165, 1.54) is 6.92 Å². The van der Waals surface area contributed by atoms with Gasteiger partial charge in [-0.2, -0.15) is 4.72 Å². The van der Waals surface area contributed by atoms with Crippen molar-refractivity contribution in [2.24, 2.45) is 0 Å². The quantitative estimate of drug-likeness (QED) is 0.614. The normalized spacial score (nSPS) is 12.2. The van der Waals surface area contributed by atoms with E-state index in [1.54, 1.807) is 24.3 Å². The Morgan fingerprint density at radius 3 is 2.10 bits per heavy atom. The van der Waals surface area contributed by atoms with Gasteiger partial charge in [0.25, 0.3) is 0 Å². The fourth-order valence-electron chi connectivity index (χ4n) is 2.45. The number of para-hydroxylation sites is 1. The molecule has 29 heavy (non-hydrogen) atoms. The maximum atomic E-state index is 13.0. The van der Waals surface area contributed by atoms with Crippen molar-refractivity contribution in [2.45, 2.75) is 17.9 Å². The molecule has 0 aliphatic rings. The molecule has 6 nitrogen and oxygen atoms in total. The van der Waals surface area contributed by atoms with Crippen molar-refractivity contribution in [1.29, 1.82) is 0 Å². The second kappa shape index (κ2) is 8.85. The van der Waals surface area contributed by atoms with Gasteiger partial charge in [0.15, 0.2) is 0 Å². The van der Waals surface area contributed by atoms with Crippen LogP contribution in [0.15, 0.2) is 83.8 Å². The Morgan fingerprint density at radius 1 is 0.897 bits per heavy atom. The number of hydrogen-bond donors (Lipinski definition) is 2. The minimum atomic E-state index is -3.95. The molecule has 1 atom stereocenters. The fourth-order valence-corrected chi connectivity index (χ4v) is 3.65. The van der Waals surface area contributed by atoms with Crippen LogP contribution in [0.5, 0.6) is 11.5 Å². The first-order chi connectivity index (χ1) is 13.8. The maximum Gasteiger partial charge on any atom is 0.242 e. The van der Waals surface area contributed by atoms with Gasteiger partial charge in [-0.1, -0.05) is 18.2 Å². The highest BCUT2D eigenvalue weighted by atomic mass is 32.2. The zero-order valence-electron chi connectivity index (χ0n) is 15.5. The average Bonchev–Trinajstić information content (AvgIpc) is 2.70. The molecule has 2 N–H and O–H groups in total. The molecule has 1 amide bonds. The van der Waals surface area contributed by atoms with E-state index >= 15 is 0 Å². The molecule has 0 unspecified atom stereocenters. The molecule has 0 saturated carbocycles. The van der Waals surface area contributed by atoms with E-state index in [0.29, 0.717) is 17.2 Å². The van der Waals surface area contributed by atoms with Crippen LogP contribution in [0.4, 0.5) is 10.1 Å². The zero-order chi connectivity index (χ0) is 20.9. The number of amides is 1. The Morgan fingerprint density at radius 2 is 1.48 bits per heavy atom. The lowest BCUT2D eigenvalue weighted by molar-refractivity contribution is -0.117. The van der Waals surface area contributed by atoms with Crippen molar-refractivity contribution in [1.82, 2.24) is 4.72 Å². The summed E-state index contributed by atoms with van der Waals surface area (Å²) in [5, 5.41) is 2.63. The molecule has 0 aromatic heterocycles. The topological polar surface area (TPSA) is 84.5 Å². The van der Waals surface area contributed by atoms with Gasteiger partial charge in [-0.05, 0) is 67.6 Å². The smallest absolute Gasteiger partial charge is 0.242 e. The second-order valence-corrected chi connectivity index (χ2v) is 7.94. The molecule has 0 bridgehead atoms. The summed E-state index contributed by atoms with van der Waals surface area (Å²) in [7, 11) is -3.95. The van der Waals surface area contributed by atoms with Crippen LogP contribution in [0.1, 0.15) is 6.92 Å². The fraction of sp³-hybridized carbons (Fsp3) is 0.0952.